The lowest BCUT2D eigenvalue weighted by Gasteiger charge is -2.29. The maximum atomic E-state index is 13.9. The zero-order chi connectivity index (χ0) is 17.8. The number of halogens is 2. The molecule has 0 saturated carbocycles. The van der Waals surface area contributed by atoms with Crippen molar-refractivity contribution in [1.82, 2.24) is 10.6 Å². The number of nitrogens with one attached hydrogen (secondary N) is 2. The molecular formula is C19H22ClFN2O3. The molecule has 2 N–H and O–H groups in total. The van der Waals surface area contributed by atoms with E-state index in [-0.39, 0.29) is 30.0 Å². The molecule has 1 heterocycles. The quantitative estimate of drug-likeness (QED) is 0.809. The third kappa shape index (κ3) is 4.26. The zero-order valence-corrected chi connectivity index (χ0v) is 15.4. The van der Waals surface area contributed by atoms with Crippen molar-refractivity contribution in [3.8, 4) is 11.5 Å². The van der Waals surface area contributed by atoms with E-state index in [9.17, 15) is 9.18 Å². The number of amides is 1. The van der Waals surface area contributed by atoms with Crippen molar-refractivity contribution in [2.75, 3.05) is 27.3 Å². The minimum Gasteiger partial charge on any atom is -0.497 e. The smallest absolute Gasteiger partial charge is 0.226 e. The summed E-state index contributed by atoms with van der Waals surface area (Å²) in [4.78, 5) is 12.5. The first-order chi connectivity index (χ1) is 12.1. The van der Waals surface area contributed by atoms with E-state index in [1.807, 2.05) is 24.3 Å². The second-order valence-corrected chi connectivity index (χ2v) is 5.96. The molecule has 0 aromatic heterocycles. The molecule has 2 aromatic rings. The Morgan fingerprint density at radius 1 is 1.19 bits per heavy atom. The first kappa shape index (κ1) is 20.0. The van der Waals surface area contributed by atoms with Crippen molar-refractivity contribution in [3.63, 3.8) is 0 Å². The van der Waals surface area contributed by atoms with Crippen LogP contribution in [0.2, 0.25) is 0 Å². The van der Waals surface area contributed by atoms with Crippen LogP contribution in [0.3, 0.4) is 0 Å². The number of hydrogen-bond acceptors (Lipinski definition) is 4. The van der Waals surface area contributed by atoms with Gasteiger partial charge in [-0.2, -0.15) is 0 Å². The molecule has 2 aromatic carbocycles. The van der Waals surface area contributed by atoms with Gasteiger partial charge in [0.25, 0.3) is 0 Å². The normalized spacial score (nSPS) is 14.6. The first-order valence-electron chi connectivity index (χ1n) is 8.11. The van der Waals surface area contributed by atoms with Crippen LogP contribution >= 0.6 is 12.4 Å². The van der Waals surface area contributed by atoms with Crippen LogP contribution < -0.4 is 20.1 Å². The molecule has 1 aliphatic heterocycles. The van der Waals surface area contributed by atoms with Crippen molar-refractivity contribution in [2.45, 2.75) is 6.04 Å². The van der Waals surface area contributed by atoms with Crippen LogP contribution in [-0.2, 0) is 4.79 Å². The Morgan fingerprint density at radius 3 is 2.58 bits per heavy atom. The Morgan fingerprint density at radius 2 is 1.96 bits per heavy atom. The Bertz CT molecular complexity index is 768. The largest absolute Gasteiger partial charge is 0.497 e. The lowest BCUT2D eigenvalue weighted by atomic mass is 9.95. The van der Waals surface area contributed by atoms with Gasteiger partial charge in [-0.05, 0) is 35.9 Å². The van der Waals surface area contributed by atoms with Gasteiger partial charge in [-0.3, -0.25) is 4.79 Å². The minimum atomic E-state index is -0.533. The molecular weight excluding hydrogens is 359 g/mol. The van der Waals surface area contributed by atoms with Gasteiger partial charge >= 0.3 is 0 Å². The van der Waals surface area contributed by atoms with Gasteiger partial charge in [0, 0.05) is 18.7 Å². The molecule has 1 aliphatic rings. The number of methoxy groups -OCH3 is 2. The van der Waals surface area contributed by atoms with Crippen LogP contribution in [0, 0.1) is 11.7 Å². The predicted molar refractivity (Wildman–Crippen MR) is 99.5 cm³/mol. The van der Waals surface area contributed by atoms with Crippen LogP contribution in [-0.4, -0.2) is 33.2 Å². The van der Waals surface area contributed by atoms with Gasteiger partial charge in [-0.1, -0.05) is 12.1 Å². The van der Waals surface area contributed by atoms with Crippen LogP contribution in [0.1, 0.15) is 17.2 Å². The number of carbonyl (C=O) groups excluding carboxylic acids is 1. The standard InChI is InChI=1S/C19H21FN2O3.ClH/c1-24-15-5-3-4-12(8-15)18(22-19(23)13-10-21-11-13)16-9-14(20)6-7-17(16)25-2;/h3-9,13,18,21H,10-11H2,1-2H3,(H,22,23);1H. The summed E-state index contributed by atoms with van der Waals surface area (Å²) in [5.41, 5.74) is 1.36. The first-order valence-corrected chi connectivity index (χ1v) is 8.11. The number of carbonyl (C=O) groups is 1. The average molecular weight is 381 g/mol. The topological polar surface area (TPSA) is 59.6 Å². The maximum absolute atomic E-state index is 13.9. The molecule has 1 amide bonds. The third-order valence-electron chi connectivity index (χ3n) is 4.37. The fourth-order valence-electron chi connectivity index (χ4n) is 2.83. The maximum Gasteiger partial charge on any atom is 0.226 e. The highest BCUT2D eigenvalue weighted by Crippen LogP contribution is 2.32. The molecule has 0 radical (unpaired) electrons. The molecule has 7 heteroatoms. The summed E-state index contributed by atoms with van der Waals surface area (Å²) < 4.78 is 24.5. The molecule has 1 atom stereocenters. The summed E-state index contributed by atoms with van der Waals surface area (Å²) in [5.74, 6) is 0.646. The molecule has 140 valence electrons. The SMILES string of the molecule is COc1cccc(C(NC(=O)C2CNC2)c2cc(F)ccc2OC)c1.Cl. The highest BCUT2D eigenvalue weighted by Gasteiger charge is 2.29. The Kier molecular flexibility index (Phi) is 6.83. The van der Waals surface area contributed by atoms with Crippen molar-refractivity contribution in [2.24, 2.45) is 5.92 Å². The predicted octanol–water partition coefficient (Wildman–Crippen LogP) is 2.69. The van der Waals surface area contributed by atoms with Crippen LogP contribution in [0.25, 0.3) is 0 Å². The lowest BCUT2D eigenvalue weighted by molar-refractivity contribution is -0.126. The van der Waals surface area contributed by atoms with Crippen molar-refractivity contribution in [3.05, 3.63) is 59.4 Å². The molecule has 26 heavy (non-hydrogen) atoms. The van der Waals surface area contributed by atoms with Crippen LogP contribution in [0.15, 0.2) is 42.5 Å². The molecule has 0 bridgehead atoms. The van der Waals surface area contributed by atoms with E-state index in [0.717, 1.165) is 5.56 Å². The van der Waals surface area contributed by atoms with Gasteiger partial charge in [-0.15, -0.1) is 12.4 Å². The van der Waals surface area contributed by atoms with Crippen molar-refractivity contribution in [1.29, 1.82) is 0 Å². The van der Waals surface area contributed by atoms with Gasteiger partial charge in [0.2, 0.25) is 5.91 Å². The fraction of sp³-hybridized carbons (Fsp3) is 0.316. The third-order valence-corrected chi connectivity index (χ3v) is 4.37. The van der Waals surface area contributed by atoms with E-state index in [0.29, 0.717) is 30.2 Å². The molecule has 0 aliphatic carbocycles. The van der Waals surface area contributed by atoms with Crippen molar-refractivity contribution < 1.29 is 18.7 Å². The van der Waals surface area contributed by atoms with Gasteiger partial charge in [0.05, 0.1) is 26.2 Å². The highest BCUT2D eigenvalue weighted by atomic mass is 35.5. The second-order valence-electron chi connectivity index (χ2n) is 5.96. The van der Waals surface area contributed by atoms with Gasteiger partial charge in [0.1, 0.15) is 17.3 Å². The highest BCUT2D eigenvalue weighted by molar-refractivity contribution is 5.85. The van der Waals surface area contributed by atoms with Gasteiger partial charge in [-0.25, -0.2) is 4.39 Å². The monoisotopic (exact) mass is 380 g/mol. The number of benzene rings is 2. The summed E-state index contributed by atoms with van der Waals surface area (Å²) in [6, 6.07) is 11.1. The molecule has 1 unspecified atom stereocenters. The van der Waals surface area contributed by atoms with E-state index < -0.39 is 6.04 Å². The van der Waals surface area contributed by atoms with E-state index in [2.05, 4.69) is 10.6 Å². The van der Waals surface area contributed by atoms with E-state index in [1.165, 1.54) is 19.2 Å². The Labute approximate surface area is 158 Å². The Balaban J connectivity index is 0.00000243. The molecule has 3 rings (SSSR count). The van der Waals surface area contributed by atoms with E-state index in [4.69, 9.17) is 9.47 Å². The summed E-state index contributed by atoms with van der Waals surface area (Å²) in [6.07, 6.45) is 0. The van der Waals surface area contributed by atoms with Gasteiger partial charge in [0.15, 0.2) is 0 Å². The van der Waals surface area contributed by atoms with Crippen molar-refractivity contribution >= 4 is 18.3 Å². The summed E-state index contributed by atoms with van der Waals surface area (Å²) >= 11 is 0. The van der Waals surface area contributed by atoms with E-state index >= 15 is 0 Å². The zero-order valence-electron chi connectivity index (χ0n) is 14.6. The second kappa shape index (κ2) is 8.87. The van der Waals surface area contributed by atoms with Crippen LogP contribution in [0.5, 0.6) is 11.5 Å². The molecule has 5 nitrogen and oxygen atoms in total. The Hall–Kier alpha value is -2.31. The summed E-state index contributed by atoms with van der Waals surface area (Å²) in [7, 11) is 3.10. The van der Waals surface area contributed by atoms with Gasteiger partial charge < -0.3 is 20.1 Å². The number of ether oxygens (including phenoxy) is 2. The molecule has 0 spiro atoms. The summed E-state index contributed by atoms with van der Waals surface area (Å²) in [6.45, 7) is 1.30. The number of rotatable bonds is 6. The molecule has 1 saturated heterocycles. The number of hydrogen-bond donors (Lipinski definition) is 2. The van der Waals surface area contributed by atoms with Crippen LogP contribution in [0.4, 0.5) is 4.39 Å². The lowest BCUT2D eigenvalue weighted by Crippen LogP contribution is -2.51. The molecule has 1 fully saturated rings. The summed E-state index contributed by atoms with van der Waals surface area (Å²) in [5, 5.41) is 6.10. The van der Waals surface area contributed by atoms with E-state index in [1.54, 1.807) is 13.2 Å². The fourth-order valence-corrected chi connectivity index (χ4v) is 2.83. The average Bonchev–Trinajstić information content (AvgIpc) is 2.58. The minimum absolute atomic E-state index is 0.